The van der Waals surface area contributed by atoms with Crippen molar-refractivity contribution < 1.29 is 14.0 Å². The lowest BCUT2D eigenvalue weighted by atomic mass is 9.91. The van der Waals surface area contributed by atoms with Crippen molar-refractivity contribution in [3.05, 3.63) is 17.8 Å². The number of oxazole rings is 1. The fourth-order valence-electron chi connectivity index (χ4n) is 2.63. The number of amides is 2. The Kier molecular flexibility index (Phi) is 4.07. The molecule has 1 aromatic rings. The minimum absolute atomic E-state index is 0.0191. The van der Waals surface area contributed by atoms with E-state index < -0.39 is 11.6 Å². The number of aryl methyl sites for hydroxylation is 1. The second-order valence-electron chi connectivity index (χ2n) is 6.31. The Hall–Kier alpha value is -1.85. The van der Waals surface area contributed by atoms with Crippen LogP contribution in [0.4, 0.5) is 0 Å². The number of hydrogen-bond acceptors (Lipinski definition) is 4. The molecule has 0 aromatic carbocycles. The molecule has 6 nitrogen and oxygen atoms in total. The largest absolute Gasteiger partial charge is 0.444 e. The molecule has 0 bridgehead atoms. The first kappa shape index (κ1) is 15.5. The lowest BCUT2D eigenvalue weighted by Gasteiger charge is -2.43. The van der Waals surface area contributed by atoms with Crippen LogP contribution in [-0.2, 0) is 22.6 Å². The third-order valence-corrected chi connectivity index (χ3v) is 3.72. The molecule has 1 atom stereocenters. The Bertz CT molecular complexity index is 548. The molecule has 2 rings (SSSR count). The van der Waals surface area contributed by atoms with Crippen molar-refractivity contribution in [2.75, 3.05) is 0 Å². The van der Waals surface area contributed by atoms with E-state index in [1.165, 1.54) is 0 Å². The van der Waals surface area contributed by atoms with Gasteiger partial charge >= 0.3 is 0 Å². The van der Waals surface area contributed by atoms with Crippen molar-refractivity contribution in [2.24, 2.45) is 5.92 Å². The molecule has 1 aromatic heterocycles. The van der Waals surface area contributed by atoms with Crippen molar-refractivity contribution >= 4 is 11.8 Å². The van der Waals surface area contributed by atoms with Crippen LogP contribution in [-0.4, -0.2) is 33.3 Å². The number of carbonyl (C=O) groups excluding carboxylic acids is 2. The van der Waals surface area contributed by atoms with E-state index in [0.29, 0.717) is 5.89 Å². The molecule has 1 N–H and O–H groups in total. The highest BCUT2D eigenvalue weighted by Crippen LogP contribution is 2.24. The monoisotopic (exact) mass is 293 g/mol. The number of nitrogens with zero attached hydrogens (tertiary/aromatic N) is 2. The molecule has 0 aliphatic carbocycles. The number of piperazine rings is 1. The van der Waals surface area contributed by atoms with Gasteiger partial charge in [-0.2, -0.15) is 0 Å². The van der Waals surface area contributed by atoms with E-state index in [9.17, 15) is 9.59 Å². The zero-order valence-corrected chi connectivity index (χ0v) is 13.3. The highest BCUT2D eigenvalue weighted by atomic mass is 16.4. The average Bonchev–Trinajstić information content (AvgIpc) is 2.82. The van der Waals surface area contributed by atoms with Gasteiger partial charge in [0.15, 0.2) is 0 Å². The van der Waals surface area contributed by atoms with Crippen LogP contribution in [0.15, 0.2) is 10.6 Å². The minimum Gasteiger partial charge on any atom is -0.444 e. The smallest absolute Gasteiger partial charge is 0.248 e. The van der Waals surface area contributed by atoms with E-state index in [0.717, 1.165) is 12.2 Å². The minimum atomic E-state index is -0.900. The van der Waals surface area contributed by atoms with Gasteiger partial charge in [0.2, 0.25) is 17.7 Å². The quantitative estimate of drug-likeness (QED) is 0.912. The third-order valence-electron chi connectivity index (χ3n) is 3.72. The second-order valence-corrected chi connectivity index (χ2v) is 6.31. The maximum absolute atomic E-state index is 12.6. The van der Waals surface area contributed by atoms with Gasteiger partial charge in [0.05, 0.1) is 12.7 Å². The predicted molar refractivity (Wildman–Crippen MR) is 77.3 cm³/mol. The Labute approximate surface area is 124 Å². The number of rotatable bonds is 4. The Morgan fingerprint density at radius 1 is 1.43 bits per heavy atom. The maximum atomic E-state index is 12.6. The molecule has 1 fully saturated rings. The van der Waals surface area contributed by atoms with E-state index in [1.54, 1.807) is 24.9 Å². The number of aromatic nitrogens is 1. The van der Waals surface area contributed by atoms with Gasteiger partial charge < -0.3 is 14.6 Å². The van der Waals surface area contributed by atoms with Gasteiger partial charge in [-0.3, -0.25) is 9.59 Å². The predicted octanol–water partition coefficient (Wildman–Crippen LogP) is 1.50. The standard InChI is InChI=1S/C15H23N3O3/c1-6-10-7-16-11(21-10)8-18-12(9(2)3)13(19)17-15(4,5)14(18)20/h7,9,12H,6,8H2,1-5H3,(H,17,19). The highest BCUT2D eigenvalue weighted by Gasteiger charge is 2.46. The zero-order chi connectivity index (χ0) is 15.8. The second kappa shape index (κ2) is 5.50. The van der Waals surface area contributed by atoms with Crippen molar-refractivity contribution in [1.29, 1.82) is 0 Å². The molecule has 0 saturated carbocycles. The van der Waals surface area contributed by atoms with Gasteiger partial charge in [0.25, 0.3) is 0 Å². The van der Waals surface area contributed by atoms with Gasteiger partial charge in [-0.05, 0) is 19.8 Å². The van der Waals surface area contributed by atoms with Crippen LogP contribution >= 0.6 is 0 Å². The highest BCUT2D eigenvalue weighted by molar-refractivity contribution is 5.99. The third kappa shape index (κ3) is 2.94. The normalized spacial score (nSPS) is 21.8. The number of hydrogen-bond donors (Lipinski definition) is 1. The number of nitrogens with one attached hydrogen (secondary N) is 1. The van der Waals surface area contributed by atoms with Crippen LogP contribution in [0.2, 0.25) is 0 Å². The molecule has 1 unspecified atom stereocenters. The summed E-state index contributed by atoms with van der Waals surface area (Å²) in [7, 11) is 0. The van der Waals surface area contributed by atoms with Crippen LogP contribution in [0, 0.1) is 5.92 Å². The first-order valence-electron chi connectivity index (χ1n) is 7.33. The summed E-state index contributed by atoms with van der Waals surface area (Å²) < 4.78 is 5.58. The summed E-state index contributed by atoms with van der Waals surface area (Å²) in [6, 6.07) is -0.498. The molecule has 1 saturated heterocycles. The van der Waals surface area contributed by atoms with E-state index in [-0.39, 0.29) is 24.3 Å². The molecule has 21 heavy (non-hydrogen) atoms. The molecular weight excluding hydrogens is 270 g/mol. The summed E-state index contributed by atoms with van der Waals surface area (Å²) in [5.41, 5.74) is -0.900. The summed E-state index contributed by atoms with van der Waals surface area (Å²) in [5.74, 6) is 1.02. The van der Waals surface area contributed by atoms with Crippen LogP contribution in [0.1, 0.15) is 46.3 Å². The van der Waals surface area contributed by atoms with E-state index in [1.807, 2.05) is 20.8 Å². The van der Waals surface area contributed by atoms with E-state index >= 15 is 0 Å². The van der Waals surface area contributed by atoms with Crippen molar-refractivity contribution in [3.63, 3.8) is 0 Å². The molecule has 1 aliphatic rings. The summed E-state index contributed by atoms with van der Waals surface area (Å²) in [5, 5.41) is 2.79. The van der Waals surface area contributed by atoms with Crippen LogP contribution < -0.4 is 5.32 Å². The molecule has 0 radical (unpaired) electrons. The van der Waals surface area contributed by atoms with E-state index in [2.05, 4.69) is 10.3 Å². The van der Waals surface area contributed by atoms with E-state index in [4.69, 9.17) is 4.42 Å². The Balaban J connectivity index is 2.30. The molecule has 1 aliphatic heterocycles. The zero-order valence-electron chi connectivity index (χ0n) is 13.3. The fourth-order valence-corrected chi connectivity index (χ4v) is 2.63. The summed E-state index contributed by atoms with van der Waals surface area (Å²) in [6.45, 7) is 9.47. The fraction of sp³-hybridized carbons (Fsp3) is 0.667. The van der Waals surface area contributed by atoms with Crippen LogP contribution in [0.3, 0.4) is 0 Å². The van der Waals surface area contributed by atoms with Gasteiger partial charge in [-0.15, -0.1) is 0 Å². The summed E-state index contributed by atoms with van der Waals surface area (Å²) in [4.78, 5) is 30.7. The Morgan fingerprint density at radius 2 is 2.10 bits per heavy atom. The molecule has 6 heteroatoms. The first-order valence-corrected chi connectivity index (χ1v) is 7.33. The van der Waals surface area contributed by atoms with Gasteiger partial charge in [-0.25, -0.2) is 4.98 Å². The topological polar surface area (TPSA) is 75.4 Å². The molecular formula is C15H23N3O3. The summed E-state index contributed by atoms with van der Waals surface area (Å²) in [6.07, 6.45) is 2.42. The lowest BCUT2D eigenvalue weighted by Crippen LogP contribution is -2.68. The van der Waals surface area contributed by atoms with Crippen molar-refractivity contribution in [3.8, 4) is 0 Å². The molecule has 2 heterocycles. The summed E-state index contributed by atoms with van der Waals surface area (Å²) >= 11 is 0. The van der Waals surface area contributed by atoms with Gasteiger partial charge in [-0.1, -0.05) is 20.8 Å². The molecule has 116 valence electrons. The SMILES string of the molecule is CCc1cnc(CN2C(=O)C(C)(C)NC(=O)C2C(C)C)o1. The van der Waals surface area contributed by atoms with Gasteiger partial charge in [0.1, 0.15) is 17.3 Å². The lowest BCUT2D eigenvalue weighted by molar-refractivity contribution is -0.156. The number of carbonyl (C=O) groups is 2. The first-order chi connectivity index (χ1) is 9.76. The molecule has 0 spiro atoms. The Morgan fingerprint density at radius 3 is 2.62 bits per heavy atom. The maximum Gasteiger partial charge on any atom is 0.248 e. The van der Waals surface area contributed by atoms with Crippen LogP contribution in [0.25, 0.3) is 0 Å². The van der Waals surface area contributed by atoms with Gasteiger partial charge in [0, 0.05) is 6.42 Å². The average molecular weight is 293 g/mol. The van der Waals surface area contributed by atoms with Crippen LogP contribution in [0.5, 0.6) is 0 Å². The van der Waals surface area contributed by atoms with Crippen molar-refractivity contribution in [2.45, 2.75) is 59.2 Å². The van der Waals surface area contributed by atoms with Crippen molar-refractivity contribution in [1.82, 2.24) is 15.2 Å². The molecule has 2 amide bonds.